The van der Waals surface area contributed by atoms with Crippen molar-refractivity contribution in [2.75, 3.05) is 5.43 Å². The highest BCUT2D eigenvalue weighted by Gasteiger charge is 2.19. The van der Waals surface area contributed by atoms with Crippen LogP contribution in [0.15, 0.2) is 36.0 Å². The molecule has 0 unspecified atom stereocenters. The lowest BCUT2D eigenvalue weighted by molar-refractivity contribution is 0.700. The van der Waals surface area contributed by atoms with Crippen LogP contribution in [0.5, 0.6) is 0 Å². The number of nitrogens with zero attached hydrogens (tertiary/aromatic N) is 4. The van der Waals surface area contributed by atoms with E-state index in [0.29, 0.717) is 0 Å². The molecule has 1 N–H and O–H groups in total. The summed E-state index contributed by atoms with van der Waals surface area (Å²) in [6.07, 6.45) is 11.7. The van der Waals surface area contributed by atoms with Gasteiger partial charge >= 0.3 is 0 Å². The van der Waals surface area contributed by atoms with Crippen molar-refractivity contribution in [3.8, 4) is 0 Å². The lowest BCUT2D eigenvalue weighted by atomic mass is 9.97. The fraction of sp³-hybridized carbons (Fsp3) is 0.250. The van der Waals surface area contributed by atoms with E-state index in [-0.39, 0.29) is 0 Å². The molecule has 4 rings (SSSR count). The van der Waals surface area contributed by atoms with E-state index in [0.717, 1.165) is 34.4 Å². The smallest absolute Gasteiger partial charge is 0.158 e. The number of hydrogen-bond acceptors (Lipinski definition) is 6. The SMILES string of the molecule is C(=N/Nc1ncnc2sc3c(c12)CCCC3)/c1ccncc1. The summed E-state index contributed by atoms with van der Waals surface area (Å²) in [5.74, 6) is 0.801. The van der Waals surface area contributed by atoms with Crippen LogP contribution >= 0.6 is 11.3 Å². The second kappa shape index (κ2) is 5.81. The Bertz CT molecular complexity index is 825. The van der Waals surface area contributed by atoms with Crippen molar-refractivity contribution in [3.05, 3.63) is 46.9 Å². The minimum atomic E-state index is 0.801. The lowest BCUT2D eigenvalue weighted by Gasteiger charge is -2.11. The van der Waals surface area contributed by atoms with Gasteiger partial charge in [0.2, 0.25) is 0 Å². The van der Waals surface area contributed by atoms with Gasteiger partial charge in [0.1, 0.15) is 11.2 Å². The topological polar surface area (TPSA) is 63.1 Å². The zero-order valence-electron chi connectivity index (χ0n) is 12.0. The van der Waals surface area contributed by atoms with Crippen molar-refractivity contribution in [3.63, 3.8) is 0 Å². The van der Waals surface area contributed by atoms with E-state index in [1.165, 1.54) is 23.3 Å². The highest BCUT2D eigenvalue weighted by Crippen LogP contribution is 2.37. The van der Waals surface area contributed by atoms with E-state index in [9.17, 15) is 0 Å². The highest BCUT2D eigenvalue weighted by atomic mass is 32.1. The van der Waals surface area contributed by atoms with Crippen LogP contribution in [0.2, 0.25) is 0 Å². The fourth-order valence-electron chi connectivity index (χ4n) is 2.79. The number of pyridine rings is 1. The molecule has 0 amide bonds. The normalized spacial score (nSPS) is 14.4. The number of thiophene rings is 1. The summed E-state index contributed by atoms with van der Waals surface area (Å²) in [6.45, 7) is 0. The summed E-state index contributed by atoms with van der Waals surface area (Å²) in [4.78, 5) is 15.3. The van der Waals surface area contributed by atoms with Crippen molar-refractivity contribution >= 4 is 33.6 Å². The number of nitrogens with one attached hydrogen (secondary N) is 1. The lowest BCUT2D eigenvalue weighted by Crippen LogP contribution is -2.00. The third-order valence-electron chi connectivity index (χ3n) is 3.84. The van der Waals surface area contributed by atoms with E-state index >= 15 is 0 Å². The standard InChI is InChI=1S/C16H15N5S/c1-2-4-13-12(3-1)14-15(18-10-19-16(14)22-13)21-20-9-11-5-7-17-8-6-11/h5-10H,1-4H2,(H,18,19,21)/b20-9-. The molecule has 0 spiro atoms. The molecule has 0 aliphatic heterocycles. The molecular formula is C16H15N5S. The molecular weight excluding hydrogens is 294 g/mol. The zero-order valence-corrected chi connectivity index (χ0v) is 12.8. The molecule has 0 aromatic carbocycles. The molecule has 0 saturated heterocycles. The summed E-state index contributed by atoms with van der Waals surface area (Å²) in [5, 5.41) is 5.45. The van der Waals surface area contributed by atoms with Crippen LogP contribution in [0, 0.1) is 0 Å². The van der Waals surface area contributed by atoms with E-state index in [2.05, 4.69) is 25.5 Å². The molecule has 3 aromatic rings. The van der Waals surface area contributed by atoms with Crippen LogP contribution < -0.4 is 5.43 Å². The van der Waals surface area contributed by atoms with E-state index in [4.69, 9.17) is 0 Å². The van der Waals surface area contributed by atoms with E-state index < -0.39 is 0 Å². The second-order valence-electron chi connectivity index (χ2n) is 5.26. The van der Waals surface area contributed by atoms with Gasteiger partial charge in [-0.25, -0.2) is 9.97 Å². The van der Waals surface area contributed by atoms with Crippen LogP contribution in [0.25, 0.3) is 10.2 Å². The molecule has 22 heavy (non-hydrogen) atoms. The maximum atomic E-state index is 4.42. The summed E-state index contributed by atoms with van der Waals surface area (Å²) in [7, 11) is 0. The van der Waals surface area contributed by atoms with Crippen LogP contribution in [0.3, 0.4) is 0 Å². The number of hydrogen-bond donors (Lipinski definition) is 1. The van der Waals surface area contributed by atoms with Gasteiger partial charge in [0.05, 0.1) is 11.6 Å². The molecule has 1 aliphatic rings. The number of anilines is 1. The van der Waals surface area contributed by atoms with Gasteiger partial charge in [-0.05, 0) is 48.9 Å². The molecule has 0 fully saturated rings. The number of hydrazone groups is 1. The van der Waals surface area contributed by atoms with Gasteiger partial charge in [-0.15, -0.1) is 11.3 Å². The quantitative estimate of drug-likeness (QED) is 0.595. The summed E-state index contributed by atoms with van der Waals surface area (Å²) in [6, 6.07) is 3.82. The first-order chi connectivity index (χ1) is 10.9. The van der Waals surface area contributed by atoms with Crippen molar-refractivity contribution in [1.29, 1.82) is 0 Å². The average molecular weight is 309 g/mol. The maximum absolute atomic E-state index is 4.42. The Morgan fingerprint density at radius 1 is 1.14 bits per heavy atom. The number of aryl methyl sites for hydroxylation is 2. The summed E-state index contributed by atoms with van der Waals surface area (Å²) < 4.78 is 0. The van der Waals surface area contributed by atoms with Gasteiger partial charge in [0.15, 0.2) is 5.82 Å². The Hall–Kier alpha value is -2.34. The molecule has 6 heteroatoms. The molecule has 3 heterocycles. The maximum Gasteiger partial charge on any atom is 0.158 e. The molecule has 5 nitrogen and oxygen atoms in total. The predicted molar refractivity (Wildman–Crippen MR) is 89.5 cm³/mol. The highest BCUT2D eigenvalue weighted by molar-refractivity contribution is 7.19. The summed E-state index contributed by atoms with van der Waals surface area (Å²) in [5.41, 5.74) is 5.49. The third kappa shape index (κ3) is 2.46. The molecule has 0 saturated carbocycles. The zero-order chi connectivity index (χ0) is 14.8. The van der Waals surface area contributed by atoms with Crippen LogP contribution in [0.1, 0.15) is 28.8 Å². The number of aromatic nitrogens is 3. The van der Waals surface area contributed by atoms with Gasteiger partial charge in [0.25, 0.3) is 0 Å². The number of rotatable bonds is 3. The number of fused-ring (bicyclic) bond motifs is 3. The van der Waals surface area contributed by atoms with Crippen LogP contribution in [0.4, 0.5) is 5.82 Å². The van der Waals surface area contributed by atoms with Crippen molar-refractivity contribution < 1.29 is 0 Å². The van der Waals surface area contributed by atoms with Crippen LogP contribution in [-0.4, -0.2) is 21.2 Å². The fourth-order valence-corrected chi connectivity index (χ4v) is 4.02. The van der Waals surface area contributed by atoms with Crippen molar-refractivity contribution in [2.45, 2.75) is 25.7 Å². The summed E-state index contributed by atoms with van der Waals surface area (Å²) >= 11 is 1.79. The Kier molecular flexibility index (Phi) is 3.52. The Balaban J connectivity index is 1.67. The monoisotopic (exact) mass is 309 g/mol. The minimum absolute atomic E-state index is 0.801. The third-order valence-corrected chi connectivity index (χ3v) is 5.04. The Morgan fingerprint density at radius 2 is 2.00 bits per heavy atom. The Labute approximate surface area is 132 Å². The van der Waals surface area contributed by atoms with E-state index in [1.54, 1.807) is 36.3 Å². The molecule has 0 radical (unpaired) electrons. The van der Waals surface area contributed by atoms with E-state index in [1.807, 2.05) is 12.1 Å². The second-order valence-corrected chi connectivity index (χ2v) is 6.35. The molecule has 1 aliphatic carbocycles. The predicted octanol–water partition coefficient (Wildman–Crippen LogP) is 3.41. The first-order valence-corrected chi connectivity index (χ1v) is 8.18. The van der Waals surface area contributed by atoms with Crippen LogP contribution in [-0.2, 0) is 12.8 Å². The van der Waals surface area contributed by atoms with Crippen molar-refractivity contribution in [1.82, 2.24) is 15.0 Å². The molecule has 110 valence electrons. The van der Waals surface area contributed by atoms with Gasteiger partial charge in [-0.2, -0.15) is 5.10 Å². The molecule has 0 atom stereocenters. The van der Waals surface area contributed by atoms with Gasteiger partial charge < -0.3 is 0 Å². The largest absolute Gasteiger partial charge is 0.265 e. The molecule has 3 aromatic heterocycles. The van der Waals surface area contributed by atoms with Crippen molar-refractivity contribution in [2.24, 2.45) is 5.10 Å². The molecule has 0 bridgehead atoms. The minimum Gasteiger partial charge on any atom is -0.265 e. The van der Waals surface area contributed by atoms with Gasteiger partial charge in [0, 0.05) is 17.3 Å². The first-order valence-electron chi connectivity index (χ1n) is 7.36. The van der Waals surface area contributed by atoms with Gasteiger partial charge in [-0.1, -0.05) is 0 Å². The first kappa shape index (κ1) is 13.3. The van der Waals surface area contributed by atoms with Gasteiger partial charge in [-0.3, -0.25) is 10.4 Å². The Morgan fingerprint density at radius 3 is 2.91 bits per heavy atom. The average Bonchev–Trinajstić information content (AvgIpc) is 2.95.